The Morgan fingerprint density at radius 1 is 1.27 bits per heavy atom. The second kappa shape index (κ2) is 6.07. The third-order valence-corrected chi connectivity index (χ3v) is 4.75. The predicted octanol–water partition coefficient (Wildman–Crippen LogP) is 2.71. The van der Waals surface area contributed by atoms with Crippen molar-refractivity contribution in [2.75, 3.05) is 0 Å². The first-order valence-electron chi connectivity index (χ1n) is 7.84. The van der Waals surface area contributed by atoms with Crippen LogP contribution in [0.4, 0.5) is 4.39 Å². The van der Waals surface area contributed by atoms with E-state index in [1.54, 1.807) is 18.2 Å². The van der Waals surface area contributed by atoms with E-state index in [2.05, 4.69) is 5.32 Å². The number of hydrogen-bond donors (Lipinski definition) is 1. The number of esters is 1. The molecule has 22 heavy (non-hydrogen) atoms. The molecule has 1 unspecified atom stereocenters. The average Bonchev–Trinajstić information content (AvgIpc) is 2.83. The Bertz CT molecular complexity index is 581. The first-order chi connectivity index (χ1) is 10.6. The van der Waals surface area contributed by atoms with E-state index < -0.39 is 11.5 Å². The van der Waals surface area contributed by atoms with E-state index in [1.807, 2.05) is 0 Å². The van der Waals surface area contributed by atoms with Crippen LogP contribution in [0.25, 0.3) is 0 Å². The summed E-state index contributed by atoms with van der Waals surface area (Å²) in [6.07, 6.45) is 4.69. The van der Waals surface area contributed by atoms with Crippen LogP contribution in [0.3, 0.4) is 0 Å². The first-order valence-corrected chi connectivity index (χ1v) is 7.84. The lowest BCUT2D eigenvalue weighted by molar-refractivity contribution is -0.153. The third kappa shape index (κ3) is 2.85. The van der Waals surface area contributed by atoms with Crippen molar-refractivity contribution in [3.8, 4) is 0 Å². The van der Waals surface area contributed by atoms with Crippen LogP contribution in [0.2, 0.25) is 0 Å². The molecule has 1 heterocycles. The summed E-state index contributed by atoms with van der Waals surface area (Å²) in [6, 6.07) is 6.35. The predicted molar refractivity (Wildman–Crippen MR) is 78.3 cm³/mol. The molecular formula is C17H20FNO3. The Morgan fingerprint density at radius 2 is 2.00 bits per heavy atom. The largest absolute Gasteiger partial charge is 0.458 e. The molecule has 1 atom stereocenters. The van der Waals surface area contributed by atoms with Crippen molar-refractivity contribution >= 4 is 11.9 Å². The number of nitrogens with one attached hydrogen (secondary N) is 1. The molecule has 5 heteroatoms. The minimum atomic E-state index is -0.630. The number of hydrogen-bond acceptors (Lipinski definition) is 3. The molecule has 1 N–H and O–H groups in total. The van der Waals surface area contributed by atoms with Crippen molar-refractivity contribution in [3.63, 3.8) is 0 Å². The van der Waals surface area contributed by atoms with Gasteiger partial charge in [0.2, 0.25) is 5.91 Å². The van der Waals surface area contributed by atoms with Crippen molar-refractivity contribution in [1.82, 2.24) is 5.32 Å². The molecule has 1 spiro atoms. The van der Waals surface area contributed by atoms with Gasteiger partial charge in [0.15, 0.2) is 0 Å². The van der Waals surface area contributed by atoms with E-state index in [0.717, 1.165) is 32.1 Å². The summed E-state index contributed by atoms with van der Waals surface area (Å²) in [6.45, 7) is 0.131. The highest BCUT2D eigenvalue weighted by Gasteiger charge is 2.52. The van der Waals surface area contributed by atoms with E-state index in [4.69, 9.17) is 4.74 Å². The van der Waals surface area contributed by atoms with Crippen molar-refractivity contribution in [3.05, 3.63) is 35.6 Å². The summed E-state index contributed by atoms with van der Waals surface area (Å²) < 4.78 is 19.1. The fraction of sp³-hybridized carbons (Fsp3) is 0.529. The van der Waals surface area contributed by atoms with Gasteiger partial charge in [0.25, 0.3) is 0 Å². The van der Waals surface area contributed by atoms with Crippen LogP contribution in [0.1, 0.15) is 44.1 Å². The van der Waals surface area contributed by atoms with Gasteiger partial charge in [-0.15, -0.1) is 0 Å². The number of halogens is 1. The second-order valence-electron chi connectivity index (χ2n) is 6.17. The molecule has 2 aliphatic rings. The molecule has 1 saturated heterocycles. The van der Waals surface area contributed by atoms with Gasteiger partial charge in [-0.05, 0) is 31.7 Å². The Labute approximate surface area is 129 Å². The van der Waals surface area contributed by atoms with Gasteiger partial charge in [-0.1, -0.05) is 24.6 Å². The fourth-order valence-electron chi connectivity index (χ4n) is 3.57. The molecule has 1 aromatic rings. The molecule has 4 nitrogen and oxygen atoms in total. The van der Waals surface area contributed by atoms with Crippen LogP contribution in [0.15, 0.2) is 24.3 Å². The number of benzene rings is 1. The van der Waals surface area contributed by atoms with Crippen LogP contribution in [0.5, 0.6) is 0 Å². The number of carbonyl (C=O) groups is 2. The molecule has 1 saturated carbocycles. The highest BCUT2D eigenvalue weighted by molar-refractivity contribution is 5.87. The van der Waals surface area contributed by atoms with E-state index in [9.17, 15) is 14.0 Å². The van der Waals surface area contributed by atoms with Crippen LogP contribution >= 0.6 is 0 Å². The fourth-order valence-corrected chi connectivity index (χ4v) is 3.57. The minimum absolute atomic E-state index is 0.128. The number of amides is 1. The highest BCUT2D eigenvalue weighted by atomic mass is 19.1. The van der Waals surface area contributed by atoms with Gasteiger partial charge in [-0.3, -0.25) is 9.59 Å². The molecule has 1 aliphatic carbocycles. The maximum Gasteiger partial charge on any atom is 0.307 e. The van der Waals surface area contributed by atoms with Gasteiger partial charge < -0.3 is 10.1 Å². The van der Waals surface area contributed by atoms with Crippen LogP contribution in [-0.2, 0) is 20.9 Å². The lowest BCUT2D eigenvalue weighted by Gasteiger charge is -2.36. The Hall–Kier alpha value is -1.91. The molecule has 0 aromatic heterocycles. The smallest absolute Gasteiger partial charge is 0.307 e. The molecule has 1 aromatic carbocycles. The normalized spacial score (nSPS) is 23.3. The molecule has 2 fully saturated rings. The van der Waals surface area contributed by atoms with Crippen LogP contribution < -0.4 is 5.32 Å². The quantitative estimate of drug-likeness (QED) is 0.874. The van der Waals surface area contributed by atoms with Gasteiger partial charge >= 0.3 is 5.97 Å². The zero-order valence-corrected chi connectivity index (χ0v) is 12.4. The zero-order valence-electron chi connectivity index (χ0n) is 12.4. The van der Waals surface area contributed by atoms with Crippen molar-refractivity contribution in [1.29, 1.82) is 0 Å². The molecule has 118 valence electrons. The number of ether oxygens (including phenoxy) is 1. The Morgan fingerprint density at radius 3 is 2.73 bits per heavy atom. The SMILES string of the molecule is O=C1CC(C(=O)NCc2ccccc2F)C2(CCCCC2)O1. The summed E-state index contributed by atoms with van der Waals surface area (Å²) in [5.74, 6) is -1.30. The van der Waals surface area contributed by atoms with Crippen LogP contribution in [0, 0.1) is 11.7 Å². The summed E-state index contributed by atoms with van der Waals surface area (Å²) in [4.78, 5) is 24.2. The van der Waals surface area contributed by atoms with Crippen LogP contribution in [-0.4, -0.2) is 17.5 Å². The lowest BCUT2D eigenvalue weighted by Crippen LogP contribution is -2.45. The minimum Gasteiger partial charge on any atom is -0.458 e. The van der Waals surface area contributed by atoms with Gasteiger partial charge in [-0.2, -0.15) is 0 Å². The van der Waals surface area contributed by atoms with E-state index in [1.165, 1.54) is 6.07 Å². The van der Waals surface area contributed by atoms with Gasteiger partial charge in [0, 0.05) is 12.1 Å². The number of rotatable bonds is 3. The molecule has 1 amide bonds. The van der Waals surface area contributed by atoms with E-state index >= 15 is 0 Å². The highest BCUT2D eigenvalue weighted by Crippen LogP contribution is 2.44. The standard InChI is InChI=1S/C17H20FNO3/c18-14-7-3-2-6-12(14)11-19-16(21)13-10-15(20)22-17(13)8-4-1-5-9-17/h2-3,6-7,13H,1,4-5,8-11H2,(H,19,21). The second-order valence-corrected chi connectivity index (χ2v) is 6.17. The van der Waals surface area contributed by atoms with Crippen molar-refractivity contribution in [2.45, 2.75) is 50.7 Å². The number of carbonyl (C=O) groups excluding carboxylic acids is 2. The Balaban J connectivity index is 1.68. The summed E-state index contributed by atoms with van der Waals surface area (Å²) in [5, 5.41) is 2.76. The van der Waals surface area contributed by atoms with Gasteiger partial charge in [0.05, 0.1) is 12.3 Å². The molecule has 3 rings (SSSR count). The van der Waals surface area contributed by atoms with Gasteiger partial charge in [-0.25, -0.2) is 4.39 Å². The summed E-state index contributed by atoms with van der Waals surface area (Å²) in [7, 11) is 0. The molecule has 0 radical (unpaired) electrons. The average molecular weight is 305 g/mol. The van der Waals surface area contributed by atoms with Gasteiger partial charge in [0.1, 0.15) is 11.4 Å². The topological polar surface area (TPSA) is 55.4 Å². The zero-order chi connectivity index (χ0) is 15.6. The van der Waals surface area contributed by atoms with Crippen molar-refractivity contribution in [2.24, 2.45) is 5.92 Å². The monoisotopic (exact) mass is 305 g/mol. The van der Waals surface area contributed by atoms with E-state index in [0.29, 0.717) is 5.56 Å². The third-order valence-electron chi connectivity index (χ3n) is 4.75. The molecular weight excluding hydrogens is 285 g/mol. The molecule has 1 aliphatic heterocycles. The lowest BCUT2D eigenvalue weighted by atomic mass is 9.75. The maximum atomic E-state index is 13.6. The maximum absolute atomic E-state index is 13.6. The first kappa shape index (κ1) is 15.0. The molecule has 0 bridgehead atoms. The summed E-state index contributed by atoms with van der Waals surface area (Å²) in [5.41, 5.74) is -0.187. The Kier molecular flexibility index (Phi) is 4.14. The van der Waals surface area contributed by atoms with Crippen molar-refractivity contribution < 1.29 is 18.7 Å². The van der Waals surface area contributed by atoms with E-state index in [-0.39, 0.29) is 30.7 Å². The summed E-state index contributed by atoms with van der Waals surface area (Å²) >= 11 is 0.